The molecule has 0 saturated carbocycles. The lowest BCUT2D eigenvalue weighted by atomic mass is 10.1. The molecule has 98 valence electrons. The number of Topliss-reactive ketones (excluding diaryl/α,β-unsaturated/α-hetero) is 1. The Hall–Kier alpha value is -1.03. The predicted octanol–water partition coefficient (Wildman–Crippen LogP) is 5.02. The molecule has 5 heteroatoms. The van der Waals surface area contributed by atoms with Crippen LogP contribution in [0.4, 0.5) is 0 Å². The summed E-state index contributed by atoms with van der Waals surface area (Å²) in [5.74, 6) is 0.262. The van der Waals surface area contributed by atoms with Crippen LogP contribution >= 0.6 is 39.1 Å². The van der Waals surface area contributed by atoms with Gasteiger partial charge < -0.3 is 4.74 Å². The lowest BCUT2D eigenvalue weighted by molar-refractivity contribution is 0.0921. The molecular weight excluding hydrogens is 351 g/mol. The van der Waals surface area contributed by atoms with Crippen LogP contribution in [0.1, 0.15) is 10.4 Å². The van der Waals surface area contributed by atoms with Gasteiger partial charge >= 0.3 is 0 Å². The molecule has 0 heterocycles. The monoisotopic (exact) mass is 358 g/mol. The molecule has 0 radical (unpaired) electrons. The first-order chi connectivity index (χ1) is 9.09. The number of hydrogen-bond donors (Lipinski definition) is 0. The standard InChI is InChI=1S/C14H9BrCl2O2/c15-10-5-2-1-4-9(10)12(18)8-19-13-7-3-6-11(16)14(13)17/h1-7H,8H2. The fraction of sp³-hybridized carbons (Fsp3) is 0.0714. The summed E-state index contributed by atoms with van der Waals surface area (Å²) in [6.07, 6.45) is 0. The minimum atomic E-state index is -0.136. The Balaban J connectivity index is 2.09. The number of carbonyl (C=O) groups excluding carboxylic acids is 1. The second kappa shape index (κ2) is 6.42. The number of benzene rings is 2. The van der Waals surface area contributed by atoms with Crippen LogP contribution in [0.3, 0.4) is 0 Å². The van der Waals surface area contributed by atoms with E-state index < -0.39 is 0 Å². The highest BCUT2D eigenvalue weighted by molar-refractivity contribution is 9.10. The van der Waals surface area contributed by atoms with Gasteiger partial charge in [-0.15, -0.1) is 0 Å². The first kappa shape index (κ1) is 14.4. The van der Waals surface area contributed by atoms with E-state index in [1.807, 2.05) is 6.07 Å². The van der Waals surface area contributed by atoms with Gasteiger partial charge in [-0.1, -0.05) is 63.4 Å². The summed E-state index contributed by atoms with van der Waals surface area (Å²) in [4.78, 5) is 12.0. The van der Waals surface area contributed by atoms with Gasteiger partial charge in [0.25, 0.3) is 0 Å². The average molecular weight is 360 g/mol. The molecule has 0 aliphatic carbocycles. The van der Waals surface area contributed by atoms with Crippen molar-refractivity contribution in [3.05, 3.63) is 62.5 Å². The van der Waals surface area contributed by atoms with Crippen molar-refractivity contribution in [3.8, 4) is 5.75 Å². The van der Waals surface area contributed by atoms with Crippen molar-refractivity contribution in [2.24, 2.45) is 0 Å². The van der Waals surface area contributed by atoms with Gasteiger partial charge in [-0.25, -0.2) is 0 Å². The van der Waals surface area contributed by atoms with Crippen LogP contribution in [0.15, 0.2) is 46.9 Å². The van der Waals surface area contributed by atoms with Crippen LogP contribution in [-0.4, -0.2) is 12.4 Å². The number of ketones is 1. The van der Waals surface area contributed by atoms with Crippen molar-refractivity contribution in [2.75, 3.05) is 6.61 Å². The fourth-order valence-corrected chi connectivity index (χ4v) is 2.36. The molecule has 0 spiro atoms. The Morgan fingerprint density at radius 2 is 1.84 bits per heavy atom. The molecular formula is C14H9BrCl2O2. The molecule has 2 aromatic rings. The number of carbonyl (C=O) groups is 1. The van der Waals surface area contributed by atoms with E-state index in [0.717, 1.165) is 4.47 Å². The maximum Gasteiger partial charge on any atom is 0.201 e. The molecule has 0 amide bonds. The van der Waals surface area contributed by atoms with Gasteiger partial charge in [0.15, 0.2) is 6.61 Å². The number of ether oxygens (including phenoxy) is 1. The smallest absolute Gasteiger partial charge is 0.201 e. The van der Waals surface area contributed by atoms with Crippen molar-refractivity contribution >= 4 is 44.9 Å². The van der Waals surface area contributed by atoms with Crippen molar-refractivity contribution < 1.29 is 9.53 Å². The van der Waals surface area contributed by atoms with Gasteiger partial charge in [-0.05, 0) is 18.2 Å². The predicted molar refractivity (Wildman–Crippen MR) is 80.4 cm³/mol. The Bertz CT molecular complexity index is 614. The first-order valence-corrected chi connectivity index (χ1v) is 6.99. The lowest BCUT2D eigenvalue weighted by Crippen LogP contribution is -2.12. The zero-order valence-electron chi connectivity index (χ0n) is 9.70. The average Bonchev–Trinajstić information content (AvgIpc) is 2.40. The maximum atomic E-state index is 12.0. The lowest BCUT2D eigenvalue weighted by Gasteiger charge is -2.08. The molecule has 0 unspecified atom stereocenters. The van der Waals surface area contributed by atoms with E-state index in [1.165, 1.54) is 0 Å². The third kappa shape index (κ3) is 3.50. The maximum absolute atomic E-state index is 12.0. The zero-order valence-corrected chi connectivity index (χ0v) is 12.8. The summed E-state index contributed by atoms with van der Waals surface area (Å²) in [5, 5.41) is 0.705. The molecule has 19 heavy (non-hydrogen) atoms. The molecule has 0 fully saturated rings. The van der Waals surface area contributed by atoms with Gasteiger partial charge in [0.2, 0.25) is 5.78 Å². The number of rotatable bonds is 4. The molecule has 2 nitrogen and oxygen atoms in total. The quantitative estimate of drug-likeness (QED) is 0.716. The van der Waals surface area contributed by atoms with Gasteiger partial charge in [0.05, 0.1) is 5.02 Å². The Morgan fingerprint density at radius 1 is 1.11 bits per heavy atom. The molecule has 0 aliphatic rings. The summed E-state index contributed by atoms with van der Waals surface area (Å²) in [6.45, 7) is -0.0946. The summed E-state index contributed by atoms with van der Waals surface area (Å²) in [6, 6.07) is 12.2. The molecule has 0 aliphatic heterocycles. The van der Waals surface area contributed by atoms with Crippen molar-refractivity contribution in [3.63, 3.8) is 0 Å². The fourth-order valence-electron chi connectivity index (χ4n) is 1.50. The highest BCUT2D eigenvalue weighted by Gasteiger charge is 2.12. The van der Waals surface area contributed by atoms with E-state index in [0.29, 0.717) is 21.4 Å². The normalized spacial score (nSPS) is 10.3. The van der Waals surface area contributed by atoms with E-state index in [9.17, 15) is 4.79 Å². The van der Waals surface area contributed by atoms with Gasteiger partial charge in [0, 0.05) is 10.0 Å². The van der Waals surface area contributed by atoms with Gasteiger partial charge in [-0.3, -0.25) is 4.79 Å². The van der Waals surface area contributed by atoms with E-state index in [-0.39, 0.29) is 12.4 Å². The van der Waals surface area contributed by atoms with Crippen molar-refractivity contribution in [1.29, 1.82) is 0 Å². The third-order valence-corrected chi connectivity index (χ3v) is 3.94. The van der Waals surface area contributed by atoms with Gasteiger partial charge in [-0.2, -0.15) is 0 Å². The molecule has 0 aromatic heterocycles. The van der Waals surface area contributed by atoms with Crippen LogP contribution in [0.2, 0.25) is 10.0 Å². The number of hydrogen-bond acceptors (Lipinski definition) is 2. The zero-order chi connectivity index (χ0) is 13.8. The molecule has 0 N–H and O–H groups in total. The Labute approximate surface area is 129 Å². The largest absolute Gasteiger partial charge is 0.484 e. The summed E-state index contributed by atoms with van der Waals surface area (Å²) >= 11 is 15.2. The van der Waals surface area contributed by atoms with E-state index in [1.54, 1.807) is 36.4 Å². The van der Waals surface area contributed by atoms with E-state index >= 15 is 0 Å². The minimum Gasteiger partial charge on any atom is -0.484 e. The molecule has 2 rings (SSSR count). The second-order valence-corrected chi connectivity index (χ2v) is 5.38. The van der Waals surface area contributed by atoms with Crippen molar-refractivity contribution in [1.82, 2.24) is 0 Å². The van der Waals surface area contributed by atoms with E-state index in [2.05, 4.69) is 15.9 Å². The second-order valence-electron chi connectivity index (χ2n) is 3.74. The topological polar surface area (TPSA) is 26.3 Å². The van der Waals surface area contributed by atoms with Crippen LogP contribution in [0.25, 0.3) is 0 Å². The van der Waals surface area contributed by atoms with E-state index in [4.69, 9.17) is 27.9 Å². The summed E-state index contributed by atoms with van der Waals surface area (Å²) < 4.78 is 6.14. The molecule has 0 bridgehead atoms. The minimum absolute atomic E-state index is 0.0946. The molecule has 0 saturated heterocycles. The van der Waals surface area contributed by atoms with Gasteiger partial charge in [0.1, 0.15) is 10.8 Å². The summed E-state index contributed by atoms with van der Waals surface area (Å²) in [7, 11) is 0. The Kier molecular flexibility index (Phi) is 4.86. The highest BCUT2D eigenvalue weighted by atomic mass is 79.9. The van der Waals surface area contributed by atoms with Crippen molar-refractivity contribution in [2.45, 2.75) is 0 Å². The van der Waals surface area contributed by atoms with Crippen LogP contribution in [-0.2, 0) is 0 Å². The molecule has 2 aromatic carbocycles. The number of halogens is 3. The van der Waals surface area contributed by atoms with Crippen LogP contribution in [0, 0.1) is 0 Å². The molecule has 0 atom stereocenters. The summed E-state index contributed by atoms with van der Waals surface area (Å²) in [5.41, 5.74) is 0.570. The van der Waals surface area contributed by atoms with Crippen LogP contribution in [0.5, 0.6) is 5.75 Å². The van der Waals surface area contributed by atoms with Crippen LogP contribution < -0.4 is 4.74 Å². The highest BCUT2D eigenvalue weighted by Crippen LogP contribution is 2.31. The first-order valence-electron chi connectivity index (χ1n) is 5.44. The third-order valence-electron chi connectivity index (χ3n) is 2.45. The Morgan fingerprint density at radius 3 is 2.58 bits per heavy atom. The SMILES string of the molecule is O=C(COc1cccc(Cl)c1Cl)c1ccccc1Br.